The molecule has 18 heteroatoms. The standard InChI is InChI=1S/C22H28N4O6.C12H12F3N3.C2H4O2/c1-2-16(27)13-23-20(29)18-9-6-12-25-19(28)11-10-17(21(30)26(18)25)24-22(31)32-14-15-7-4-3-5-8-15;1-2-5-9-8-10(12(13,14)15)17-18(9)11-6-3-4-7-16-11;1-2(3)4/h3-5,7-8,17-18H,2,6,9-14H2,1H3,(H,23,29)(H,24,31);3-4,6-8H,2,5H2,1H3;1H3,(H,3,4)/t17-,18-;;/m0../s1. The molecule has 3 N–H and O–H groups in total. The predicted molar refractivity (Wildman–Crippen MR) is 186 cm³/mol. The number of Topliss-reactive ketones (excluding diaryl/α,β-unsaturated/α-hetero) is 1. The van der Waals surface area contributed by atoms with Crippen LogP contribution in [0.25, 0.3) is 5.82 Å². The fourth-order valence-electron chi connectivity index (χ4n) is 5.41. The number of aromatic nitrogens is 3. The largest absolute Gasteiger partial charge is 0.481 e. The van der Waals surface area contributed by atoms with E-state index in [1.54, 1.807) is 37.3 Å². The fraction of sp³-hybridized carbons (Fsp3) is 0.444. The molecule has 2 fully saturated rings. The van der Waals surface area contributed by atoms with Crippen LogP contribution in [0.15, 0.2) is 60.8 Å². The number of hydrazine groups is 1. The van der Waals surface area contributed by atoms with Gasteiger partial charge in [0.1, 0.15) is 18.7 Å². The Morgan fingerprint density at radius 3 is 2.31 bits per heavy atom. The monoisotopic (exact) mass is 759 g/mol. The van der Waals surface area contributed by atoms with E-state index in [4.69, 9.17) is 14.6 Å². The van der Waals surface area contributed by atoms with Gasteiger partial charge in [-0.15, -0.1) is 0 Å². The first-order valence-corrected chi connectivity index (χ1v) is 17.3. The third-order valence-electron chi connectivity index (χ3n) is 7.97. The van der Waals surface area contributed by atoms with E-state index in [1.807, 2.05) is 25.1 Å². The Balaban J connectivity index is 0.000000299. The molecule has 2 saturated heterocycles. The van der Waals surface area contributed by atoms with Crippen LogP contribution in [0.4, 0.5) is 18.0 Å². The van der Waals surface area contributed by atoms with E-state index < -0.39 is 47.8 Å². The number of carboxylic acid groups (broad SMARTS) is 1. The first-order valence-electron chi connectivity index (χ1n) is 17.3. The van der Waals surface area contributed by atoms with Crippen LogP contribution in [0.1, 0.15) is 76.2 Å². The zero-order valence-corrected chi connectivity index (χ0v) is 30.2. The second-order valence-electron chi connectivity index (χ2n) is 12.2. The van der Waals surface area contributed by atoms with Crippen LogP contribution in [0.2, 0.25) is 0 Å². The van der Waals surface area contributed by atoms with Gasteiger partial charge in [0.05, 0.1) is 6.54 Å². The number of aryl methyl sites for hydroxylation is 1. The topological polar surface area (TPSA) is 193 Å². The zero-order chi connectivity index (χ0) is 39.8. The number of ether oxygens (including phenoxy) is 1. The lowest BCUT2D eigenvalue weighted by Crippen LogP contribution is -2.63. The Morgan fingerprint density at radius 2 is 1.70 bits per heavy atom. The minimum absolute atomic E-state index is 0.0405. The van der Waals surface area contributed by atoms with Gasteiger partial charge in [0.2, 0.25) is 11.8 Å². The van der Waals surface area contributed by atoms with Crippen molar-refractivity contribution in [1.82, 2.24) is 35.4 Å². The molecule has 15 nitrogen and oxygen atoms in total. The van der Waals surface area contributed by atoms with Crippen molar-refractivity contribution in [3.8, 4) is 5.82 Å². The number of aliphatic carboxylic acids is 1. The molecule has 4 amide bonds. The smallest absolute Gasteiger partial charge is 0.435 e. The number of hydrogen-bond donors (Lipinski definition) is 3. The molecule has 2 aliphatic rings. The van der Waals surface area contributed by atoms with Gasteiger partial charge in [0.25, 0.3) is 11.9 Å². The summed E-state index contributed by atoms with van der Waals surface area (Å²) in [5.74, 6) is -1.90. The van der Waals surface area contributed by atoms with Crippen molar-refractivity contribution in [2.45, 2.75) is 90.6 Å². The molecule has 2 aromatic heterocycles. The number of nitrogens with zero attached hydrogens (tertiary/aromatic N) is 5. The Morgan fingerprint density at radius 1 is 1.02 bits per heavy atom. The number of carbonyl (C=O) groups excluding carboxylic acids is 5. The van der Waals surface area contributed by atoms with Crippen LogP contribution in [-0.2, 0) is 47.9 Å². The second-order valence-corrected chi connectivity index (χ2v) is 12.2. The highest BCUT2D eigenvalue weighted by atomic mass is 19.4. The average Bonchev–Trinajstić information content (AvgIpc) is 3.55. The number of carboxylic acids is 1. The number of amides is 4. The molecule has 54 heavy (non-hydrogen) atoms. The lowest BCUT2D eigenvalue weighted by Gasteiger charge is -2.42. The molecule has 1 aromatic carbocycles. The molecule has 5 rings (SSSR count). The average molecular weight is 760 g/mol. The van der Waals surface area contributed by atoms with Crippen molar-refractivity contribution < 1.29 is 51.8 Å². The summed E-state index contributed by atoms with van der Waals surface area (Å²) < 4.78 is 44.4. The number of alkyl halides is 3. The summed E-state index contributed by atoms with van der Waals surface area (Å²) in [5.41, 5.74) is 0.436. The van der Waals surface area contributed by atoms with Gasteiger partial charge >= 0.3 is 12.3 Å². The molecule has 0 aliphatic carbocycles. The lowest BCUT2D eigenvalue weighted by atomic mass is 10.1. The third-order valence-corrected chi connectivity index (χ3v) is 7.97. The van der Waals surface area contributed by atoms with Crippen molar-refractivity contribution in [2.75, 3.05) is 13.1 Å². The Bertz CT molecular complexity index is 1730. The summed E-state index contributed by atoms with van der Waals surface area (Å²) in [7, 11) is 0. The van der Waals surface area contributed by atoms with E-state index in [-0.39, 0.29) is 44.1 Å². The van der Waals surface area contributed by atoms with Crippen molar-refractivity contribution in [3.05, 3.63) is 77.7 Å². The molecule has 2 atom stereocenters. The maximum Gasteiger partial charge on any atom is 0.435 e. The summed E-state index contributed by atoms with van der Waals surface area (Å²) >= 11 is 0. The van der Waals surface area contributed by atoms with E-state index in [0.717, 1.165) is 30.0 Å². The van der Waals surface area contributed by atoms with Gasteiger partial charge in [-0.3, -0.25) is 29.0 Å². The highest BCUT2D eigenvalue weighted by molar-refractivity contribution is 5.95. The number of alkyl carbamates (subject to hydrolysis) is 1. The molecule has 0 saturated carbocycles. The minimum Gasteiger partial charge on any atom is -0.481 e. The van der Waals surface area contributed by atoms with Gasteiger partial charge < -0.3 is 20.5 Å². The third kappa shape index (κ3) is 12.7. The number of hydrogen-bond acceptors (Lipinski definition) is 9. The van der Waals surface area contributed by atoms with E-state index in [0.29, 0.717) is 37.3 Å². The van der Waals surface area contributed by atoms with Crippen molar-refractivity contribution >= 4 is 35.6 Å². The van der Waals surface area contributed by atoms with Gasteiger partial charge in [-0.05, 0) is 49.4 Å². The number of nitrogens with one attached hydrogen (secondary N) is 2. The molecule has 4 heterocycles. The van der Waals surface area contributed by atoms with Crippen LogP contribution in [0, 0.1) is 0 Å². The van der Waals surface area contributed by atoms with E-state index in [9.17, 15) is 37.1 Å². The van der Waals surface area contributed by atoms with Crippen LogP contribution in [0.5, 0.6) is 0 Å². The lowest BCUT2D eigenvalue weighted by molar-refractivity contribution is -0.176. The van der Waals surface area contributed by atoms with Gasteiger partial charge in [0.15, 0.2) is 17.3 Å². The number of fused-ring (bicyclic) bond motifs is 1. The highest BCUT2D eigenvalue weighted by Crippen LogP contribution is 2.30. The Kier molecular flexibility index (Phi) is 16.1. The molecule has 0 unspecified atom stereocenters. The fourth-order valence-corrected chi connectivity index (χ4v) is 5.41. The van der Waals surface area contributed by atoms with E-state index in [2.05, 4.69) is 20.7 Å². The molecule has 0 bridgehead atoms. The first kappa shape index (κ1) is 42.6. The molecule has 2 aliphatic heterocycles. The normalized spacial score (nSPS) is 16.7. The van der Waals surface area contributed by atoms with Gasteiger partial charge in [0, 0.05) is 38.2 Å². The molecule has 0 spiro atoms. The maximum atomic E-state index is 13.3. The van der Waals surface area contributed by atoms with Gasteiger partial charge in [-0.2, -0.15) is 18.3 Å². The van der Waals surface area contributed by atoms with Gasteiger partial charge in [-0.25, -0.2) is 19.5 Å². The molecule has 3 aromatic rings. The number of carbonyl (C=O) groups is 6. The number of halogens is 3. The SMILES string of the molecule is CC(=O)O.CCC(=O)CNC(=O)[C@@H]1CCCN2C(=O)CC[C@H](NC(=O)OCc3ccccc3)C(=O)N12.CCCc1cc(C(F)(F)F)nn1-c1ccccn1. The van der Waals surface area contributed by atoms with E-state index >= 15 is 0 Å². The summed E-state index contributed by atoms with van der Waals surface area (Å²) in [4.78, 5) is 75.5. The van der Waals surface area contributed by atoms with Gasteiger partial charge in [-0.1, -0.05) is 56.7 Å². The summed E-state index contributed by atoms with van der Waals surface area (Å²) in [6, 6.07) is 13.3. The zero-order valence-electron chi connectivity index (χ0n) is 30.2. The number of pyridine rings is 1. The molecular formula is C36H44F3N7O8. The number of rotatable bonds is 10. The summed E-state index contributed by atoms with van der Waals surface area (Å²) in [5, 5.41) is 18.5. The van der Waals surface area contributed by atoms with Crippen molar-refractivity contribution in [1.29, 1.82) is 0 Å². The Labute approximate surface area is 309 Å². The van der Waals surface area contributed by atoms with E-state index in [1.165, 1.54) is 15.9 Å². The van der Waals surface area contributed by atoms with Crippen LogP contribution >= 0.6 is 0 Å². The first-order chi connectivity index (χ1) is 25.7. The molecule has 292 valence electrons. The Hall–Kier alpha value is -5.81. The summed E-state index contributed by atoms with van der Waals surface area (Å²) in [6.45, 7) is 4.91. The maximum absolute atomic E-state index is 13.3. The number of ketones is 1. The van der Waals surface area contributed by atoms with Crippen LogP contribution in [0.3, 0.4) is 0 Å². The molecule has 0 radical (unpaired) electrons. The van der Waals surface area contributed by atoms with Crippen LogP contribution in [-0.4, -0.2) is 90.6 Å². The number of benzene rings is 1. The van der Waals surface area contributed by atoms with Crippen LogP contribution < -0.4 is 10.6 Å². The summed E-state index contributed by atoms with van der Waals surface area (Å²) in [6.07, 6.45) is -1.06. The highest BCUT2D eigenvalue weighted by Gasteiger charge is 2.44. The molecular weight excluding hydrogens is 715 g/mol. The van der Waals surface area contributed by atoms with Crippen molar-refractivity contribution in [2.24, 2.45) is 0 Å². The quantitative estimate of drug-likeness (QED) is 0.269. The predicted octanol–water partition coefficient (Wildman–Crippen LogP) is 4.23. The van der Waals surface area contributed by atoms with Crippen molar-refractivity contribution in [3.63, 3.8) is 0 Å². The minimum atomic E-state index is -4.43. The second kappa shape index (κ2) is 20.4.